The molecule has 15 aromatic carbocycles. The molecule has 0 radical (unpaired) electrons. The third-order valence-corrected chi connectivity index (χ3v) is 18.5. The number of fused-ring (bicyclic) bond motifs is 11. The Bertz CT molecular complexity index is 5090. The average Bonchev–Trinajstić information content (AvgIpc) is 1.02. The molecule has 1 aromatic heterocycles. The van der Waals surface area contributed by atoms with Crippen molar-refractivity contribution in [2.24, 2.45) is 0 Å². The van der Waals surface area contributed by atoms with Gasteiger partial charge in [-0.1, -0.05) is 255 Å². The molecular weight excluding hydrogens is 1040 g/mol. The highest BCUT2D eigenvalue weighted by atomic mass is 15.2. The molecule has 0 saturated heterocycles. The van der Waals surface area contributed by atoms with Crippen molar-refractivity contribution in [3.63, 3.8) is 0 Å². The summed E-state index contributed by atoms with van der Waals surface area (Å²) in [6.07, 6.45) is 0. The van der Waals surface area contributed by atoms with Crippen molar-refractivity contribution in [1.29, 1.82) is 0 Å². The lowest BCUT2D eigenvalue weighted by molar-refractivity contribution is 1.16. The van der Waals surface area contributed by atoms with E-state index in [-0.39, 0.29) is 6.71 Å². The molecular formula is C82H52BN3. The molecule has 2 aliphatic heterocycles. The highest BCUT2D eigenvalue weighted by molar-refractivity contribution is 7.00. The summed E-state index contributed by atoms with van der Waals surface area (Å²) in [5.41, 5.74) is 23.6. The van der Waals surface area contributed by atoms with Crippen LogP contribution < -0.4 is 26.2 Å². The van der Waals surface area contributed by atoms with Gasteiger partial charge in [0.2, 0.25) is 0 Å². The van der Waals surface area contributed by atoms with Crippen LogP contribution in [0.5, 0.6) is 0 Å². The second-order valence-corrected chi connectivity index (χ2v) is 23.1. The number of rotatable bonds is 7. The number of aromatic nitrogens is 1. The first-order valence-corrected chi connectivity index (χ1v) is 29.8. The molecule has 0 aliphatic carbocycles. The lowest BCUT2D eigenvalue weighted by Gasteiger charge is -2.44. The quantitative estimate of drug-likeness (QED) is 0.147. The van der Waals surface area contributed by atoms with E-state index < -0.39 is 0 Å². The van der Waals surface area contributed by atoms with Crippen LogP contribution in [0.3, 0.4) is 0 Å². The summed E-state index contributed by atoms with van der Waals surface area (Å²) in [6, 6.07) is 118. The number of para-hydroxylation sites is 2. The van der Waals surface area contributed by atoms with E-state index in [9.17, 15) is 0 Å². The molecule has 0 unspecified atom stereocenters. The Morgan fingerprint density at radius 2 is 0.535 bits per heavy atom. The monoisotopic (exact) mass is 1090 g/mol. The molecule has 398 valence electrons. The molecule has 18 rings (SSSR count). The van der Waals surface area contributed by atoms with Gasteiger partial charge >= 0.3 is 0 Å². The van der Waals surface area contributed by atoms with Crippen LogP contribution in [-0.2, 0) is 0 Å². The fraction of sp³-hybridized carbons (Fsp3) is 0. The predicted octanol–water partition coefficient (Wildman–Crippen LogP) is 20.1. The predicted molar refractivity (Wildman–Crippen MR) is 367 cm³/mol. The first-order valence-electron chi connectivity index (χ1n) is 29.8. The Morgan fingerprint density at radius 3 is 0.919 bits per heavy atom. The fourth-order valence-electron chi connectivity index (χ4n) is 14.7. The highest BCUT2D eigenvalue weighted by Gasteiger charge is 2.44. The van der Waals surface area contributed by atoms with Crippen LogP contribution in [0.4, 0.5) is 34.1 Å². The lowest BCUT2D eigenvalue weighted by atomic mass is 9.33. The van der Waals surface area contributed by atoms with Crippen molar-refractivity contribution in [2.45, 2.75) is 0 Å². The molecule has 0 atom stereocenters. The van der Waals surface area contributed by atoms with Crippen LogP contribution >= 0.6 is 0 Å². The molecule has 0 fully saturated rings. The van der Waals surface area contributed by atoms with Crippen molar-refractivity contribution < 1.29 is 0 Å². The Labute approximate surface area is 499 Å². The van der Waals surface area contributed by atoms with E-state index in [1.807, 2.05) is 0 Å². The summed E-state index contributed by atoms with van der Waals surface area (Å²) in [4.78, 5) is 5.15. The molecule has 0 bridgehead atoms. The first-order chi connectivity index (χ1) is 42.7. The summed E-state index contributed by atoms with van der Waals surface area (Å²) < 4.78 is 2.50. The topological polar surface area (TPSA) is 11.4 Å². The summed E-state index contributed by atoms with van der Waals surface area (Å²) in [5, 5.41) is 12.3. The normalized spacial score (nSPS) is 12.6. The lowest BCUT2D eigenvalue weighted by Crippen LogP contribution is -2.61. The second-order valence-electron chi connectivity index (χ2n) is 23.1. The molecule has 0 amide bonds. The van der Waals surface area contributed by atoms with Crippen LogP contribution in [0.25, 0.3) is 115 Å². The van der Waals surface area contributed by atoms with Gasteiger partial charge in [0.15, 0.2) is 0 Å². The molecule has 0 saturated carbocycles. The van der Waals surface area contributed by atoms with Gasteiger partial charge in [0.25, 0.3) is 6.71 Å². The van der Waals surface area contributed by atoms with Gasteiger partial charge in [0.05, 0.1) is 16.7 Å². The third kappa shape index (κ3) is 7.43. The fourth-order valence-corrected chi connectivity index (χ4v) is 14.7. The zero-order valence-corrected chi connectivity index (χ0v) is 46.9. The van der Waals surface area contributed by atoms with Gasteiger partial charge in [-0.05, 0) is 165 Å². The minimum atomic E-state index is -0.167. The summed E-state index contributed by atoms with van der Waals surface area (Å²) >= 11 is 0. The number of anilines is 6. The Kier molecular flexibility index (Phi) is 10.8. The van der Waals surface area contributed by atoms with Crippen molar-refractivity contribution in [3.8, 4) is 50.2 Å². The van der Waals surface area contributed by atoms with Gasteiger partial charge in [-0.2, -0.15) is 0 Å². The van der Waals surface area contributed by atoms with Crippen LogP contribution in [0.1, 0.15) is 0 Å². The zero-order chi connectivity index (χ0) is 56.4. The van der Waals surface area contributed by atoms with Gasteiger partial charge < -0.3 is 14.4 Å². The van der Waals surface area contributed by atoms with Crippen LogP contribution in [-0.4, -0.2) is 11.3 Å². The molecule has 3 nitrogen and oxygen atoms in total. The molecule has 0 spiro atoms. The van der Waals surface area contributed by atoms with Crippen molar-refractivity contribution >= 4 is 122 Å². The number of hydrogen-bond donors (Lipinski definition) is 0. The maximum Gasteiger partial charge on any atom is 0.252 e. The van der Waals surface area contributed by atoms with Crippen molar-refractivity contribution in [3.05, 3.63) is 315 Å². The van der Waals surface area contributed by atoms with Gasteiger partial charge in [-0.15, -0.1) is 0 Å². The third-order valence-electron chi connectivity index (χ3n) is 18.5. The van der Waals surface area contributed by atoms with E-state index in [1.165, 1.54) is 126 Å². The van der Waals surface area contributed by atoms with Gasteiger partial charge in [-0.3, -0.25) is 0 Å². The molecule has 2 aliphatic rings. The maximum absolute atomic E-state index is 2.57. The smallest absolute Gasteiger partial charge is 0.252 e. The van der Waals surface area contributed by atoms with Gasteiger partial charge in [-0.25, -0.2) is 0 Å². The van der Waals surface area contributed by atoms with E-state index in [0.29, 0.717) is 0 Å². The van der Waals surface area contributed by atoms with Crippen molar-refractivity contribution in [1.82, 2.24) is 4.57 Å². The molecule has 0 N–H and O–H groups in total. The van der Waals surface area contributed by atoms with E-state index >= 15 is 0 Å². The van der Waals surface area contributed by atoms with E-state index in [2.05, 4.69) is 330 Å². The second kappa shape index (κ2) is 19.2. The molecule has 3 heterocycles. The summed E-state index contributed by atoms with van der Waals surface area (Å²) in [5.74, 6) is 0. The van der Waals surface area contributed by atoms with Crippen LogP contribution in [0, 0.1) is 0 Å². The molecule has 86 heavy (non-hydrogen) atoms. The highest BCUT2D eigenvalue weighted by Crippen LogP contribution is 2.49. The number of nitrogens with zero attached hydrogens (tertiary/aromatic N) is 3. The van der Waals surface area contributed by atoms with E-state index in [4.69, 9.17) is 0 Å². The number of benzene rings is 15. The maximum atomic E-state index is 2.57. The van der Waals surface area contributed by atoms with Crippen molar-refractivity contribution in [2.75, 3.05) is 9.80 Å². The largest absolute Gasteiger partial charge is 0.311 e. The average molecular weight is 1090 g/mol. The number of hydrogen-bond acceptors (Lipinski definition) is 2. The van der Waals surface area contributed by atoms with Gasteiger partial charge in [0, 0.05) is 44.9 Å². The SMILES string of the molecule is c1ccc2c(-c3ccc(N4c5ccc(-c6cccc7ccccc67)cc5B5c6cc(-c7cccc8ccccc78)ccc6N(c6ccc(-c7cccc8ccccc78)cc6)c6cc(-n7c8ccccc8c8ccccc87)cc4c65)cc3)cccc2c1. The summed E-state index contributed by atoms with van der Waals surface area (Å²) in [7, 11) is 0. The van der Waals surface area contributed by atoms with Gasteiger partial charge in [0.1, 0.15) is 0 Å². The zero-order valence-electron chi connectivity index (χ0n) is 46.9. The molecule has 4 heteroatoms. The van der Waals surface area contributed by atoms with Crippen LogP contribution in [0.2, 0.25) is 0 Å². The molecule has 16 aromatic rings. The minimum absolute atomic E-state index is 0.167. The Balaban J connectivity index is 0.943. The summed E-state index contributed by atoms with van der Waals surface area (Å²) in [6.45, 7) is -0.167. The van der Waals surface area contributed by atoms with Crippen LogP contribution in [0.15, 0.2) is 315 Å². The Morgan fingerprint density at radius 1 is 0.221 bits per heavy atom. The Hall–Kier alpha value is -11.2. The minimum Gasteiger partial charge on any atom is -0.311 e. The van der Waals surface area contributed by atoms with E-state index in [0.717, 1.165) is 39.8 Å². The standard InChI is InChI=1S/C82H52BN3/c1-5-25-64-53(17-1)21-13-31-68(64)57-37-43-61(44-38-57)84-78-47-41-59(70-33-15-23-55-19-3-7-27-66(55)70)49-74(78)83-75-50-60(71-34-16-24-56-20-4-8-28-67(56)71)42-48-79(75)85(62-45-39-58(40-46-62)69-32-14-22-54-18-2-6-26-65(54)69)81-52-63(51-80(84)82(81)83)86-76-35-11-9-29-72(76)73-30-10-12-36-77(73)86/h1-52H. The van der Waals surface area contributed by atoms with E-state index in [1.54, 1.807) is 0 Å². The first kappa shape index (κ1) is 48.3.